The van der Waals surface area contributed by atoms with Gasteiger partial charge in [-0.05, 0) is 61.6 Å². The topological polar surface area (TPSA) is 98.0 Å². The molecule has 0 saturated heterocycles. The number of nitrogens with zero attached hydrogens (tertiary/aromatic N) is 1. The first-order valence-corrected chi connectivity index (χ1v) is 11.1. The summed E-state index contributed by atoms with van der Waals surface area (Å²) in [6.07, 6.45) is 0.795. The Morgan fingerprint density at radius 2 is 1.61 bits per heavy atom. The summed E-state index contributed by atoms with van der Waals surface area (Å²) >= 11 is 0. The molecule has 0 bridgehead atoms. The Balaban J connectivity index is 0.00000544. The van der Waals surface area contributed by atoms with E-state index >= 15 is 0 Å². The van der Waals surface area contributed by atoms with Gasteiger partial charge < -0.3 is 25.8 Å². The summed E-state index contributed by atoms with van der Waals surface area (Å²) in [7, 11) is 0. The molecule has 0 fully saturated rings. The number of rotatable bonds is 12. The third-order valence-corrected chi connectivity index (χ3v) is 4.64. The zero-order chi connectivity index (χ0) is 23.3. The molecule has 0 aliphatic heterocycles. The third-order valence-electron chi connectivity index (χ3n) is 4.64. The van der Waals surface area contributed by atoms with E-state index in [1.807, 2.05) is 43.3 Å². The molecule has 1 amide bonds. The predicted molar refractivity (Wildman–Crippen MR) is 145 cm³/mol. The lowest BCUT2D eigenvalue weighted by Crippen LogP contribution is -2.38. The van der Waals surface area contributed by atoms with Crippen LogP contribution in [0.3, 0.4) is 0 Å². The molecule has 7 nitrogen and oxygen atoms in total. The molecule has 0 radical (unpaired) electrons. The van der Waals surface area contributed by atoms with E-state index in [2.05, 4.69) is 43.5 Å². The van der Waals surface area contributed by atoms with Gasteiger partial charge in [0, 0.05) is 13.1 Å². The summed E-state index contributed by atoms with van der Waals surface area (Å²) in [6.45, 7) is 10.5. The number of aliphatic imine (C=N–C) groups is 1. The Hall–Kier alpha value is -2.49. The van der Waals surface area contributed by atoms with E-state index in [0.717, 1.165) is 30.2 Å². The molecular formula is C25H37IN4O3. The molecule has 0 saturated carbocycles. The Morgan fingerprint density at radius 3 is 2.18 bits per heavy atom. The van der Waals surface area contributed by atoms with Crippen molar-refractivity contribution in [1.29, 1.82) is 0 Å². The first-order valence-electron chi connectivity index (χ1n) is 11.1. The second kappa shape index (κ2) is 15.4. The molecule has 4 N–H and O–H groups in total. The van der Waals surface area contributed by atoms with Crippen molar-refractivity contribution in [1.82, 2.24) is 10.6 Å². The molecule has 1 unspecified atom stereocenters. The van der Waals surface area contributed by atoms with Crippen LogP contribution in [0, 0.1) is 5.92 Å². The highest BCUT2D eigenvalue weighted by Crippen LogP contribution is 2.18. The van der Waals surface area contributed by atoms with Gasteiger partial charge in [0.05, 0.1) is 12.6 Å². The Bertz CT molecular complexity index is 855. The first-order chi connectivity index (χ1) is 15.4. The molecule has 8 heteroatoms. The van der Waals surface area contributed by atoms with E-state index in [-0.39, 0.29) is 36.6 Å². The maximum absolute atomic E-state index is 10.8. The van der Waals surface area contributed by atoms with Crippen molar-refractivity contribution < 1.29 is 14.3 Å². The second-order valence-electron chi connectivity index (χ2n) is 8.05. The van der Waals surface area contributed by atoms with Crippen molar-refractivity contribution in [3.05, 3.63) is 59.7 Å². The van der Waals surface area contributed by atoms with E-state index in [0.29, 0.717) is 24.8 Å². The summed E-state index contributed by atoms with van der Waals surface area (Å²) in [6, 6.07) is 15.9. The van der Waals surface area contributed by atoms with E-state index in [9.17, 15) is 4.79 Å². The summed E-state index contributed by atoms with van der Waals surface area (Å²) in [5.74, 6) is 2.31. The van der Waals surface area contributed by atoms with Crippen molar-refractivity contribution >= 4 is 35.8 Å². The number of hydrogen-bond donors (Lipinski definition) is 3. The van der Waals surface area contributed by atoms with Gasteiger partial charge in [-0.1, -0.05) is 38.1 Å². The number of nitrogens with one attached hydrogen (secondary N) is 2. The maximum atomic E-state index is 10.8. The van der Waals surface area contributed by atoms with Gasteiger partial charge in [0.25, 0.3) is 5.91 Å². The average molecular weight is 569 g/mol. The SMILES string of the molecule is CCNC(=NCCc1ccc(OCC(N)=O)cc1)NC(C)c1ccc(OCC(C)C)cc1.I. The molecule has 0 aliphatic rings. The van der Waals surface area contributed by atoms with Crippen molar-refractivity contribution in [2.24, 2.45) is 16.6 Å². The fourth-order valence-corrected chi connectivity index (χ4v) is 2.93. The fraction of sp³-hybridized carbons (Fsp3) is 0.440. The average Bonchev–Trinajstić information content (AvgIpc) is 2.77. The van der Waals surface area contributed by atoms with Gasteiger partial charge in [0.2, 0.25) is 0 Å². The highest BCUT2D eigenvalue weighted by atomic mass is 127. The van der Waals surface area contributed by atoms with Gasteiger partial charge >= 0.3 is 0 Å². The Morgan fingerprint density at radius 1 is 1.00 bits per heavy atom. The molecule has 1 atom stereocenters. The Labute approximate surface area is 214 Å². The standard InChI is InChI=1S/C25H36N4O3.HI/c1-5-27-25(28-15-14-20-6-10-22(11-7-20)32-17-24(26)30)29-19(4)21-8-12-23(13-9-21)31-16-18(2)3;/h6-13,18-19H,5,14-17H2,1-4H3,(H2,26,30)(H2,27,28,29);1H. The normalized spacial score (nSPS) is 12.0. The van der Waals surface area contributed by atoms with Crippen LogP contribution < -0.4 is 25.8 Å². The van der Waals surface area contributed by atoms with E-state index in [1.165, 1.54) is 5.56 Å². The molecule has 2 aromatic rings. The molecule has 0 aliphatic carbocycles. The maximum Gasteiger partial charge on any atom is 0.255 e. The highest BCUT2D eigenvalue weighted by Gasteiger charge is 2.08. The van der Waals surface area contributed by atoms with Crippen LogP contribution in [-0.4, -0.2) is 38.2 Å². The Kier molecular flexibility index (Phi) is 13.3. The van der Waals surface area contributed by atoms with Gasteiger partial charge in [-0.2, -0.15) is 0 Å². The summed E-state index contributed by atoms with van der Waals surface area (Å²) in [4.78, 5) is 15.5. The number of ether oxygens (including phenoxy) is 2. The minimum Gasteiger partial charge on any atom is -0.493 e. The summed E-state index contributed by atoms with van der Waals surface area (Å²) in [5.41, 5.74) is 7.40. The van der Waals surface area contributed by atoms with E-state index in [4.69, 9.17) is 20.2 Å². The van der Waals surface area contributed by atoms with E-state index < -0.39 is 5.91 Å². The first kappa shape index (κ1) is 28.5. The van der Waals surface area contributed by atoms with Gasteiger partial charge in [0.15, 0.2) is 12.6 Å². The van der Waals surface area contributed by atoms with Crippen molar-refractivity contribution in [2.45, 2.75) is 40.2 Å². The predicted octanol–water partition coefficient (Wildman–Crippen LogP) is 4.06. The number of benzene rings is 2. The number of amides is 1. The van der Waals surface area contributed by atoms with Crippen LogP contribution in [0.4, 0.5) is 0 Å². The van der Waals surface area contributed by atoms with Crippen LogP contribution in [0.25, 0.3) is 0 Å². The summed E-state index contributed by atoms with van der Waals surface area (Å²) < 4.78 is 11.0. The molecule has 0 heterocycles. The quantitative estimate of drug-likeness (QED) is 0.204. The van der Waals surface area contributed by atoms with Crippen LogP contribution >= 0.6 is 24.0 Å². The minimum atomic E-state index is -0.489. The smallest absolute Gasteiger partial charge is 0.255 e. The molecule has 2 rings (SSSR count). The molecule has 0 spiro atoms. The number of halogens is 1. The number of carbonyl (C=O) groups is 1. The molecular weight excluding hydrogens is 531 g/mol. The number of guanidine groups is 1. The number of primary amides is 1. The minimum absolute atomic E-state index is 0. The van der Waals surface area contributed by atoms with Gasteiger partial charge in [0.1, 0.15) is 11.5 Å². The highest BCUT2D eigenvalue weighted by molar-refractivity contribution is 14.0. The molecule has 0 aromatic heterocycles. The summed E-state index contributed by atoms with van der Waals surface area (Å²) in [5, 5.41) is 6.76. The van der Waals surface area contributed by atoms with Crippen molar-refractivity contribution in [2.75, 3.05) is 26.3 Å². The zero-order valence-electron chi connectivity index (χ0n) is 20.0. The van der Waals surface area contributed by atoms with Gasteiger partial charge in [-0.3, -0.25) is 9.79 Å². The lowest BCUT2D eigenvalue weighted by atomic mass is 10.1. The largest absolute Gasteiger partial charge is 0.493 e. The van der Waals surface area contributed by atoms with Crippen LogP contribution in [0.5, 0.6) is 11.5 Å². The third kappa shape index (κ3) is 11.3. The number of carbonyl (C=O) groups excluding carboxylic acids is 1. The van der Waals surface area contributed by atoms with Crippen molar-refractivity contribution in [3.8, 4) is 11.5 Å². The van der Waals surface area contributed by atoms with Crippen LogP contribution in [0.1, 0.15) is 44.9 Å². The second-order valence-corrected chi connectivity index (χ2v) is 8.05. The van der Waals surface area contributed by atoms with Gasteiger partial charge in [-0.25, -0.2) is 0 Å². The lowest BCUT2D eigenvalue weighted by Gasteiger charge is -2.19. The molecule has 182 valence electrons. The number of nitrogens with two attached hydrogens (primary N) is 1. The lowest BCUT2D eigenvalue weighted by molar-refractivity contribution is -0.119. The fourth-order valence-electron chi connectivity index (χ4n) is 2.93. The van der Waals surface area contributed by atoms with Crippen LogP contribution in [0.15, 0.2) is 53.5 Å². The van der Waals surface area contributed by atoms with E-state index in [1.54, 1.807) is 0 Å². The monoisotopic (exact) mass is 568 g/mol. The molecule has 2 aromatic carbocycles. The van der Waals surface area contributed by atoms with Crippen LogP contribution in [-0.2, 0) is 11.2 Å². The van der Waals surface area contributed by atoms with Crippen molar-refractivity contribution in [3.63, 3.8) is 0 Å². The zero-order valence-corrected chi connectivity index (χ0v) is 22.3. The van der Waals surface area contributed by atoms with Crippen LogP contribution in [0.2, 0.25) is 0 Å². The molecule has 33 heavy (non-hydrogen) atoms. The number of hydrogen-bond acceptors (Lipinski definition) is 4. The van der Waals surface area contributed by atoms with Gasteiger partial charge in [-0.15, -0.1) is 24.0 Å².